The number of aliphatic hydroxyl groups is 1. The van der Waals surface area contributed by atoms with E-state index in [1.54, 1.807) is 18.3 Å². The number of likely N-dealkylation sites (tertiary alicyclic amines) is 1. The SMILES string of the molecule is Cc1ccc(C)n1-c1sccc1C(=O)N1CCCC1CC(C)O. The lowest BCUT2D eigenvalue weighted by Crippen LogP contribution is -2.37. The summed E-state index contributed by atoms with van der Waals surface area (Å²) in [5, 5.41) is 12.7. The van der Waals surface area contributed by atoms with Crippen molar-refractivity contribution in [1.29, 1.82) is 0 Å². The van der Waals surface area contributed by atoms with Crippen LogP contribution >= 0.6 is 11.3 Å². The van der Waals surface area contributed by atoms with Gasteiger partial charge in [0.05, 0.1) is 11.7 Å². The van der Waals surface area contributed by atoms with Crippen molar-refractivity contribution >= 4 is 17.2 Å². The van der Waals surface area contributed by atoms with Gasteiger partial charge in [0.2, 0.25) is 0 Å². The van der Waals surface area contributed by atoms with Gasteiger partial charge in [-0.15, -0.1) is 11.3 Å². The molecule has 0 radical (unpaired) electrons. The number of hydrogen-bond donors (Lipinski definition) is 1. The molecule has 1 aliphatic heterocycles. The predicted octanol–water partition coefficient (Wildman–Crippen LogP) is 3.53. The summed E-state index contributed by atoms with van der Waals surface area (Å²) < 4.78 is 2.15. The highest BCUT2D eigenvalue weighted by molar-refractivity contribution is 7.13. The second-order valence-corrected chi connectivity index (χ2v) is 7.36. The van der Waals surface area contributed by atoms with E-state index in [2.05, 4.69) is 30.5 Å². The van der Waals surface area contributed by atoms with Crippen molar-refractivity contribution in [3.8, 4) is 5.00 Å². The second-order valence-electron chi connectivity index (χ2n) is 6.47. The van der Waals surface area contributed by atoms with Gasteiger partial charge in [0, 0.05) is 24.0 Å². The molecule has 23 heavy (non-hydrogen) atoms. The van der Waals surface area contributed by atoms with Gasteiger partial charge in [-0.1, -0.05) is 0 Å². The lowest BCUT2D eigenvalue weighted by molar-refractivity contribution is 0.0682. The molecule has 0 bridgehead atoms. The van der Waals surface area contributed by atoms with Crippen LogP contribution in [-0.2, 0) is 0 Å². The summed E-state index contributed by atoms with van der Waals surface area (Å²) >= 11 is 1.60. The molecule has 1 amide bonds. The highest BCUT2D eigenvalue weighted by Crippen LogP contribution is 2.30. The number of aryl methyl sites for hydroxylation is 2. The maximum absolute atomic E-state index is 13.1. The molecule has 2 atom stereocenters. The third kappa shape index (κ3) is 3.08. The van der Waals surface area contributed by atoms with Crippen LogP contribution in [0.25, 0.3) is 5.00 Å². The van der Waals surface area contributed by atoms with Gasteiger partial charge in [0.25, 0.3) is 5.91 Å². The molecule has 5 heteroatoms. The van der Waals surface area contributed by atoms with Gasteiger partial charge in [-0.3, -0.25) is 4.79 Å². The number of carbonyl (C=O) groups is 1. The third-order valence-corrected chi connectivity index (χ3v) is 5.50. The highest BCUT2D eigenvalue weighted by atomic mass is 32.1. The first-order valence-electron chi connectivity index (χ1n) is 8.21. The Kier molecular flexibility index (Phi) is 4.60. The molecule has 124 valence electrons. The molecule has 4 nitrogen and oxygen atoms in total. The van der Waals surface area contributed by atoms with Crippen molar-refractivity contribution in [2.45, 2.75) is 52.2 Å². The van der Waals surface area contributed by atoms with E-state index in [0.29, 0.717) is 6.42 Å². The topological polar surface area (TPSA) is 45.5 Å². The zero-order valence-electron chi connectivity index (χ0n) is 14.0. The molecular formula is C18H24N2O2S. The lowest BCUT2D eigenvalue weighted by atomic mass is 10.1. The van der Waals surface area contributed by atoms with Crippen molar-refractivity contribution in [1.82, 2.24) is 9.47 Å². The molecular weight excluding hydrogens is 308 g/mol. The van der Waals surface area contributed by atoms with Gasteiger partial charge in [0.1, 0.15) is 5.00 Å². The van der Waals surface area contributed by atoms with Crippen LogP contribution in [-0.4, -0.2) is 39.2 Å². The number of aromatic nitrogens is 1. The molecule has 2 aromatic heterocycles. The summed E-state index contributed by atoms with van der Waals surface area (Å²) in [6.07, 6.45) is 2.29. The number of thiophene rings is 1. The van der Waals surface area contributed by atoms with E-state index < -0.39 is 0 Å². The van der Waals surface area contributed by atoms with Crippen molar-refractivity contribution in [3.63, 3.8) is 0 Å². The Morgan fingerprint density at radius 1 is 1.35 bits per heavy atom. The Morgan fingerprint density at radius 3 is 2.70 bits per heavy atom. The Morgan fingerprint density at radius 2 is 2.04 bits per heavy atom. The number of aliphatic hydroxyl groups excluding tert-OH is 1. The van der Waals surface area contributed by atoms with E-state index in [-0.39, 0.29) is 18.1 Å². The molecule has 2 unspecified atom stereocenters. The van der Waals surface area contributed by atoms with Crippen molar-refractivity contribution in [3.05, 3.63) is 40.5 Å². The van der Waals surface area contributed by atoms with Crippen LogP contribution in [0, 0.1) is 13.8 Å². The molecule has 1 aliphatic rings. The Bertz CT molecular complexity index is 682. The van der Waals surface area contributed by atoms with Crippen LogP contribution < -0.4 is 0 Å². The van der Waals surface area contributed by atoms with Crippen molar-refractivity contribution in [2.75, 3.05) is 6.54 Å². The molecule has 2 aromatic rings. The molecule has 1 fully saturated rings. The summed E-state index contributed by atoms with van der Waals surface area (Å²) in [6.45, 7) is 6.71. The van der Waals surface area contributed by atoms with Crippen LogP contribution in [0.15, 0.2) is 23.6 Å². The van der Waals surface area contributed by atoms with E-state index >= 15 is 0 Å². The molecule has 0 aromatic carbocycles. The second kappa shape index (κ2) is 6.49. The normalized spacial score (nSPS) is 19.3. The quantitative estimate of drug-likeness (QED) is 0.931. The number of rotatable bonds is 4. The number of amides is 1. The van der Waals surface area contributed by atoms with Crippen LogP contribution in [0.1, 0.15) is 47.9 Å². The third-order valence-electron chi connectivity index (χ3n) is 4.60. The molecule has 0 saturated carbocycles. The molecule has 3 rings (SSSR count). The fourth-order valence-corrected chi connectivity index (χ4v) is 4.53. The maximum Gasteiger partial charge on any atom is 0.257 e. The van der Waals surface area contributed by atoms with E-state index in [4.69, 9.17) is 0 Å². The minimum atomic E-state index is -0.371. The monoisotopic (exact) mass is 332 g/mol. The van der Waals surface area contributed by atoms with E-state index in [9.17, 15) is 9.90 Å². The smallest absolute Gasteiger partial charge is 0.257 e. The van der Waals surface area contributed by atoms with Gasteiger partial charge in [-0.25, -0.2) is 0 Å². The van der Waals surface area contributed by atoms with Gasteiger partial charge in [-0.05, 0) is 63.6 Å². The van der Waals surface area contributed by atoms with Crippen molar-refractivity contribution < 1.29 is 9.90 Å². The van der Waals surface area contributed by atoms with Crippen LogP contribution in [0.3, 0.4) is 0 Å². The minimum Gasteiger partial charge on any atom is -0.393 e. The molecule has 0 spiro atoms. The van der Waals surface area contributed by atoms with E-state index in [1.165, 1.54) is 0 Å². The summed E-state index contributed by atoms with van der Waals surface area (Å²) in [4.78, 5) is 15.0. The Balaban J connectivity index is 1.91. The van der Waals surface area contributed by atoms with Gasteiger partial charge >= 0.3 is 0 Å². The van der Waals surface area contributed by atoms with Crippen LogP contribution in [0.5, 0.6) is 0 Å². The largest absolute Gasteiger partial charge is 0.393 e. The van der Waals surface area contributed by atoms with E-state index in [1.807, 2.05) is 16.3 Å². The summed E-state index contributed by atoms with van der Waals surface area (Å²) in [7, 11) is 0. The average molecular weight is 332 g/mol. The molecule has 3 heterocycles. The number of nitrogens with zero attached hydrogens (tertiary/aromatic N) is 2. The van der Waals surface area contributed by atoms with Gasteiger partial charge in [0.15, 0.2) is 0 Å². The van der Waals surface area contributed by atoms with Gasteiger partial charge in [-0.2, -0.15) is 0 Å². The van der Waals surface area contributed by atoms with Crippen LogP contribution in [0.2, 0.25) is 0 Å². The summed E-state index contributed by atoms with van der Waals surface area (Å²) in [5.41, 5.74) is 3.05. The maximum atomic E-state index is 13.1. The van der Waals surface area contributed by atoms with Crippen LogP contribution in [0.4, 0.5) is 0 Å². The number of hydrogen-bond acceptors (Lipinski definition) is 3. The molecule has 1 saturated heterocycles. The minimum absolute atomic E-state index is 0.0944. The summed E-state index contributed by atoms with van der Waals surface area (Å²) in [5.74, 6) is 0.0944. The first-order chi connectivity index (χ1) is 11.0. The Hall–Kier alpha value is -1.59. The zero-order valence-corrected chi connectivity index (χ0v) is 14.8. The first kappa shape index (κ1) is 16.3. The predicted molar refractivity (Wildman–Crippen MR) is 93.5 cm³/mol. The zero-order chi connectivity index (χ0) is 16.6. The molecule has 1 N–H and O–H groups in total. The fourth-order valence-electron chi connectivity index (χ4n) is 3.52. The van der Waals surface area contributed by atoms with Crippen molar-refractivity contribution in [2.24, 2.45) is 0 Å². The fraction of sp³-hybridized carbons (Fsp3) is 0.500. The lowest BCUT2D eigenvalue weighted by Gasteiger charge is -2.26. The summed E-state index contributed by atoms with van der Waals surface area (Å²) in [6, 6.07) is 6.24. The number of carbonyl (C=O) groups excluding carboxylic acids is 1. The standard InChI is InChI=1S/C18H24N2O2S/c1-12-6-7-13(2)20(12)18-16(8-10-23-18)17(22)19-9-4-5-15(19)11-14(3)21/h6-8,10,14-15,21H,4-5,9,11H2,1-3H3. The first-order valence-corrected chi connectivity index (χ1v) is 9.09. The molecule has 0 aliphatic carbocycles. The highest BCUT2D eigenvalue weighted by Gasteiger charge is 2.32. The Labute approximate surface area is 141 Å². The van der Waals surface area contributed by atoms with E-state index in [0.717, 1.165) is 41.3 Å². The average Bonchev–Trinajstić information content (AvgIpc) is 3.19. The van der Waals surface area contributed by atoms with Gasteiger partial charge < -0.3 is 14.6 Å².